The van der Waals surface area contributed by atoms with Gasteiger partial charge in [0.25, 0.3) is 0 Å². The predicted molar refractivity (Wildman–Crippen MR) is 44.5 cm³/mol. The average Bonchev–Trinajstić information content (AvgIpc) is 2.60. The number of hydrogen-bond donors (Lipinski definition) is 1. The Hall–Kier alpha value is -0.340. The highest BCUT2D eigenvalue weighted by Crippen LogP contribution is 2.32. The highest BCUT2D eigenvalue weighted by atomic mass is 16.5. The first-order valence-corrected chi connectivity index (χ1v) is 4.36. The summed E-state index contributed by atoms with van der Waals surface area (Å²) in [5.74, 6) is 0.884. The molecule has 0 aromatic heterocycles. The van der Waals surface area contributed by atoms with Gasteiger partial charge in [-0.3, -0.25) is 0 Å². The summed E-state index contributed by atoms with van der Waals surface area (Å²) in [5, 5.41) is 3.46. The zero-order chi connectivity index (χ0) is 7.68. The van der Waals surface area contributed by atoms with E-state index in [9.17, 15) is 0 Å². The zero-order valence-electron chi connectivity index (χ0n) is 6.75. The van der Waals surface area contributed by atoms with E-state index in [1.807, 2.05) is 6.08 Å². The largest absolute Gasteiger partial charge is 0.373 e. The van der Waals surface area contributed by atoms with Crippen molar-refractivity contribution in [1.29, 1.82) is 0 Å². The molecule has 0 radical (unpaired) electrons. The molecule has 0 spiro atoms. The molecular formula is C9H15NO. The Kier molecular flexibility index (Phi) is 1.96. The molecule has 1 aliphatic carbocycles. The van der Waals surface area contributed by atoms with Crippen LogP contribution in [0.25, 0.3) is 0 Å². The van der Waals surface area contributed by atoms with Crippen molar-refractivity contribution in [1.82, 2.24) is 5.32 Å². The standard InChI is InChI=1S/C9H15NO/c1-2-3-11-9-5-7-4-8(9)10-6-7/h2,7-10H,1,3-6H2/t7-,8-,9+/m0/s1. The van der Waals surface area contributed by atoms with E-state index >= 15 is 0 Å². The van der Waals surface area contributed by atoms with Crippen LogP contribution in [0.4, 0.5) is 0 Å². The Morgan fingerprint density at radius 2 is 2.45 bits per heavy atom. The lowest BCUT2D eigenvalue weighted by Gasteiger charge is -2.22. The van der Waals surface area contributed by atoms with Crippen LogP contribution in [0.15, 0.2) is 12.7 Å². The molecule has 1 saturated carbocycles. The zero-order valence-corrected chi connectivity index (χ0v) is 6.75. The second-order valence-corrected chi connectivity index (χ2v) is 3.51. The SMILES string of the molecule is C=CCO[C@@H]1C[C@H]2CN[C@H]1C2. The maximum Gasteiger partial charge on any atom is 0.0735 e. The van der Waals surface area contributed by atoms with Gasteiger partial charge in [-0.05, 0) is 25.3 Å². The molecule has 0 aromatic carbocycles. The number of nitrogens with one attached hydrogen (secondary N) is 1. The Morgan fingerprint density at radius 1 is 1.55 bits per heavy atom. The lowest BCUT2D eigenvalue weighted by Crippen LogP contribution is -2.38. The molecule has 0 aromatic rings. The summed E-state index contributed by atoms with van der Waals surface area (Å²) < 4.78 is 5.61. The first-order valence-electron chi connectivity index (χ1n) is 4.36. The van der Waals surface area contributed by atoms with Crippen molar-refractivity contribution in [3.8, 4) is 0 Å². The van der Waals surface area contributed by atoms with Gasteiger partial charge >= 0.3 is 0 Å². The summed E-state index contributed by atoms with van der Waals surface area (Å²) in [4.78, 5) is 0. The molecule has 2 bridgehead atoms. The third kappa shape index (κ3) is 1.33. The van der Waals surface area contributed by atoms with Crippen molar-refractivity contribution in [2.75, 3.05) is 13.2 Å². The maximum atomic E-state index is 5.61. The molecule has 1 saturated heterocycles. The molecular weight excluding hydrogens is 138 g/mol. The van der Waals surface area contributed by atoms with Crippen LogP contribution >= 0.6 is 0 Å². The Labute approximate surface area is 67.6 Å². The van der Waals surface area contributed by atoms with E-state index in [0.717, 1.165) is 5.92 Å². The third-order valence-corrected chi connectivity index (χ3v) is 2.70. The Balaban J connectivity index is 1.83. The van der Waals surface area contributed by atoms with E-state index in [2.05, 4.69) is 11.9 Å². The van der Waals surface area contributed by atoms with Gasteiger partial charge in [0, 0.05) is 6.04 Å². The van der Waals surface area contributed by atoms with Gasteiger partial charge < -0.3 is 10.1 Å². The van der Waals surface area contributed by atoms with Crippen LogP contribution in [-0.4, -0.2) is 25.3 Å². The fourth-order valence-electron chi connectivity index (χ4n) is 2.18. The van der Waals surface area contributed by atoms with Gasteiger partial charge in [-0.25, -0.2) is 0 Å². The van der Waals surface area contributed by atoms with Crippen molar-refractivity contribution < 1.29 is 4.74 Å². The summed E-state index contributed by atoms with van der Waals surface area (Å²) in [5.41, 5.74) is 0. The normalized spacial score (nSPS) is 41.3. The summed E-state index contributed by atoms with van der Waals surface area (Å²) in [6, 6.07) is 0.639. The molecule has 62 valence electrons. The topological polar surface area (TPSA) is 21.3 Å². The van der Waals surface area contributed by atoms with E-state index in [1.54, 1.807) is 0 Å². The number of fused-ring (bicyclic) bond motifs is 2. The monoisotopic (exact) mass is 153 g/mol. The minimum atomic E-state index is 0.465. The molecule has 0 amide bonds. The van der Waals surface area contributed by atoms with Crippen LogP contribution in [0, 0.1) is 5.92 Å². The second kappa shape index (κ2) is 2.95. The van der Waals surface area contributed by atoms with Crippen LogP contribution in [0.1, 0.15) is 12.8 Å². The second-order valence-electron chi connectivity index (χ2n) is 3.51. The number of ether oxygens (including phenoxy) is 1. The third-order valence-electron chi connectivity index (χ3n) is 2.70. The fourth-order valence-corrected chi connectivity index (χ4v) is 2.18. The van der Waals surface area contributed by atoms with E-state index in [1.165, 1.54) is 19.4 Å². The molecule has 1 aliphatic heterocycles. The van der Waals surface area contributed by atoms with Crippen LogP contribution in [0.2, 0.25) is 0 Å². The first kappa shape index (κ1) is 7.32. The van der Waals surface area contributed by atoms with Gasteiger partial charge in [0.2, 0.25) is 0 Å². The van der Waals surface area contributed by atoms with Gasteiger partial charge in [0.05, 0.1) is 12.7 Å². The van der Waals surface area contributed by atoms with Crippen molar-refractivity contribution in [3.05, 3.63) is 12.7 Å². The molecule has 1 heterocycles. The molecule has 2 nitrogen and oxygen atoms in total. The number of rotatable bonds is 3. The molecule has 3 atom stereocenters. The van der Waals surface area contributed by atoms with Gasteiger partial charge in [-0.1, -0.05) is 6.08 Å². The van der Waals surface area contributed by atoms with Gasteiger partial charge in [-0.15, -0.1) is 6.58 Å². The number of piperidine rings is 1. The Morgan fingerprint density at radius 3 is 3.00 bits per heavy atom. The fraction of sp³-hybridized carbons (Fsp3) is 0.778. The minimum Gasteiger partial charge on any atom is -0.373 e. The summed E-state index contributed by atoms with van der Waals surface area (Å²) in [6.07, 6.45) is 4.87. The lowest BCUT2D eigenvalue weighted by atomic mass is 10.1. The molecule has 2 rings (SSSR count). The molecule has 2 aliphatic rings. The molecule has 2 heteroatoms. The van der Waals surface area contributed by atoms with Crippen LogP contribution < -0.4 is 5.32 Å². The molecule has 1 N–H and O–H groups in total. The lowest BCUT2D eigenvalue weighted by molar-refractivity contribution is 0.0492. The van der Waals surface area contributed by atoms with E-state index < -0.39 is 0 Å². The maximum absolute atomic E-state index is 5.61. The summed E-state index contributed by atoms with van der Waals surface area (Å²) >= 11 is 0. The quantitative estimate of drug-likeness (QED) is 0.609. The van der Waals surface area contributed by atoms with Crippen LogP contribution in [0.5, 0.6) is 0 Å². The van der Waals surface area contributed by atoms with Gasteiger partial charge in [0.15, 0.2) is 0 Å². The van der Waals surface area contributed by atoms with Crippen molar-refractivity contribution >= 4 is 0 Å². The average molecular weight is 153 g/mol. The minimum absolute atomic E-state index is 0.465. The smallest absolute Gasteiger partial charge is 0.0735 e. The highest BCUT2D eigenvalue weighted by Gasteiger charge is 2.39. The molecule has 11 heavy (non-hydrogen) atoms. The van der Waals surface area contributed by atoms with Crippen molar-refractivity contribution in [2.45, 2.75) is 25.0 Å². The van der Waals surface area contributed by atoms with Gasteiger partial charge in [0.1, 0.15) is 0 Å². The molecule has 0 unspecified atom stereocenters. The first-order chi connectivity index (χ1) is 5.40. The summed E-state index contributed by atoms with van der Waals surface area (Å²) in [6.45, 7) is 5.55. The Bertz CT molecular complexity index is 158. The van der Waals surface area contributed by atoms with Crippen molar-refractivity contribution in [2.24, 2.45) is 5.92 Å². The van der Waals surface area contributed by atoms with E-state index in [-0.39, 0.29) is 0 Å². The van der Waals surface area contributed by atoms with Crippen LogP contribution in [-0.2, 0) is 4.74 Å². The highest BCUT2D eigenvalue weighted by molar-refractivity contribution is 4.96. The predicted octanol–water partition coefficient (Wildman–Crippen LogP) is 0.939. The van der Waals surface area contributed by atoms with Gasteiger partial charge in [-0.2, -0.15) is 0 Å². The van der Waals surface area contributed by atoms with Crippen LogP contribution in [0.3, 0.4) is 0 Å². The molecule has 2 fully saturated rings. The van der Waals surface area contributed by atoms with E-state index in [4.69, 9.17) is 4.74 Å². The number of hydrogen-bond acceptors (Lipinski definition) is 2. The van der Waals surface area contributed by atoms with Crippen molar-refractivity contribution in [3.63, 3.8) is 0 Å². The van der Waals surface area contributed by atoms with E-state index in [0.29, 0.717) is 18.8 Å². The summed E-state index contributed by atoms with van der Waals surface area (Å²) in [7, 11) is 0.